The Balaban J connectivity index is 1.81. The third-order valence-corrected chi connectivity index (χ3v) is 4.62. The van der Waals surface area contributed by atoms with E-state index >= 15 is 0 Å². The Morgan fingerprint density at radius 3 is 2.11 bits per heavy atom. The van der Waals surface area contributed by atoms with Crippen LogP contribution in [-0.2, 0) is 4.79 Å². The highest BCUT2D eigenvalue weighted by molar-refractivity contribution is 5.78. The molecule has 0 bridgehead atoms. The lowest BCUT2D eigenvalue weighted by Gasteiger charge is -2.37. The van der Waals surface area contributed by atoms with Crippen LogP contribution in [-0.4, -0.2) is 54.0 Å². The van der Waals surface area contributed by atoms with Gasteiger partial charge in [0.2, 0.25) is 5.91 Å². The fourth-order valence-electron chi connectivity index (χ4n) is 3.94. The van der Waals surface area contributed by atoms with Crippen molar-refractivity contribution < 1.29 is 9.72 Å². The number of rotatable bonds is 6. The van der Waals surface area contributed by atoms with Gasteiger partial charge in [0.25, 0.3) is 5.69 Å². The normalized spacial score (nSPS) is 16.3. The second-order valence-electron chi connectivity index (χ2n) is 9.21. The van der Waals surface area contributed by atoms with Gasteiger partial charge in [-0.15, -0.1) is 0 Å². The van der Waals surface area contributed by atoms with Crippen molar-refractivity contribution in [3.8, 4) is 0 Å². The summed E-state index contributed by atoms with van der Waals surface area (Å²) in [4.78, 5) is 27.2. The van der Waals surface area contributed by atoms with Crippen molar-refractivity contribution in [2.24, 2.45) is 5.41 Å². The van der Waals surface area contributed by atoms with Crippen molar-refractivity contribution in [3.05, 3.63) is 34.4 Å². The first-order valence-corrected chi connectivity index (χ1v) is 9.48. The molecule has 0 aromatic heterocycles. The Bertz CT molecular complexity index is 657. The first-order valence-electron chi connectivity index (χ1n) is 9.48. The van der Waals surface area contributed by atoms with Gasteiger partial charge in [-0.05, 0) is 37.8 Å². The number of nitrogens with zero attached hydrogens (tertiary/aromatic N) is 3. The SMILES string of the molecule is CC(C)(C)CC(C)(C)NC(=O)CN1CCN(c2ccc([N+](=O)[O-])cc2)CC1. The van der Waals surface area contributed by atoms with Crippen LogP contribution in [0.4, 0.5) is 11.4 Å². The van der Waals surface area contributed by atoms with E-state index < -0.39 is 0 Å². The second-order valence-corrected chi connectivity index (χ2v) is 9.21. The topological polar surface area (TPSA) is 78.7 Å². The minimum absolute atomic E-state index is 0.0630. The van der Waals surface area contributed by atoms with Crippen molar-refractivity contribution in [3.63, 3.8) is 0 Å². The molecule has 1 aromatic carbocycles. The monoisotopic (exact) mass is 376 g/mol. The lowest BCUT2D eigenvalue weighted by atomic mass is 9.82. The van der Waals surface area contributed by atoms with Gasteiger partial charge in [-0.25, -0.2) is 0 Å². The minimum Gasteiger partial charge on any atom is -0.369 e. The molecule has 0 spiro atoms. The lowest BCUT2D eigenvalue weighted by Crippen LogP contribution is -2.53. The zero-order valence-electron chi connectivity index (χ0n) is 17.1. The van der Waals surface area contributed by atoms with E-state index in [0.717, 1.165) is 38.3 Å². The maximum absolute atomic E-state index is 12.4. The summed E-state index contributed by atoms with van der Waals surface area (Å²) in [7, 11) is 0. The number of nitro benzene ring substituents is 1. The molecule has 0 unspecified atom stereocenters. The number of carbonyl (C=O) groups is 1. The van der Waals surface area contributed by atoms with Gasteiger partial charge in [-0.1, -0.05) is 20.8 Å². The Labute approximate surface area is 161 Å². The molecule has 1 aromatic rings. The van der Waals surface area contributed by atoms with Gasteiger partial charge >= 0.3 is 0 Å². The van der Waals surface area contributed by atoms with Crippen LogP contribution in [0.3, 0.4) is 0 Å². The molecule has 2 rings (SSSR count). The maximum atomic E-state index is 12.4. The number of anilines is 1. The lowest BCUT2D eigenvalue weighted by molar-refractivity contribution is -0.384. The third kappa shape index (κ3) is 6.82. The molecule has 7 heteroatoms. The molecule has 1 aliphatic heterocycles. The van der Waals surface area contributed by atoms with Gasteiger partial charge in [-0.3, -0.25) is 19.8 Å². The molecule has 7 nitrogen and oxygen atoms in total. The maximum Gasteiger partial charge on any atom is 0.269 e. The Hall–Kier alpha value is -2.15. The largest absolute Gasteiger partial charge is 0.369 e. The number of hydrogen-bond donors (Lipinski definition) is 1. The fourth-order valence-corrected chi connectivity index (χ4v) is 3.94. The van der Waals surface area contributed by atoms with Crippen LogP contribution in [0.15, 0.2) is 24.3 Å². The minimum atomic E-state index is -0.387. The first kappa shape index (κ1) is 21.2. The van der Waals surface area contributed by atoms with Crippen LogP contribution in [0.25, 0.3) is 0 Å². The summed E-state index contributed by atoms with van der Waals surface area (Å²) in [5.74, 6) is 0.0630. The van der Waals surface area contributed by atoms with Crippen molar-refractivity contribution >= 4 is 17.3 Å². The highest BCUT2D eigenvalue weighted by Crippen LogP contribution is 2.26. The van der Waals surface area contributed by atoms with Crippen molar-refractivity contribution in [2.75, 3.05) is 37.6 Å². The third-order valence-electron chi connectivity index (χ3n) is 4.62. The van der Waals surface area contributed by atoms with Crippen molar-refractivity contribution in [1.29, 1.82) is 0 Å². The second kappa shape index (κ2) is 8.25. The van der Waals surface area contributed by atoms with E-state index in [-0.39, 0.29) is 27.5 Å². The number of piperazine rings is 1. The first-order chi connectivity index (χ1) is 12.5. The highest BCUT2D eigenvalue weighted by atomic mass is 16.6. The van der Waals surface area contributed by atoms with Crippen LogP contribution in [0.1, 0.15) is 41.0 Å². The molecule has 0 aliphatic carbocycles. The summed E-state index contributed by atoms with van der Waals surface area (Å²) < 4.78 is 0. The molecule has 1 fully saturated rings. The van der Waals surface area contributed by atoms with Gasteiger partial charge < -0.3 is 10.2 Å². The van der Waals surface area contributed by atoms with E-state index in [2.05, 4.69) is 49.7 Å². The van der Waals surface area contributed by atoms with Gasteiger partial charge in [0.1, 0.15) is 0 Å². The zero-order chi connectivity index (χ0) is 20.2. The molecule has 0 saturated carbocycles. The van der Waals surface area contributed by atoms with Crippen molar-refractivity contribution in [1.82, 2.24) is 10.2 Å². The molecule has 27 heavy (non-hydrogen) atoms. The van der Waals surface area contributed by atoms with E-state index in [9.17, 15) is 14.9 Å². The summed E-state index contributed by atoms with van der Waals surface area (Å²) in [6, 6.07) is 6.64. The van der Waals surface area contributed by atoms with Crippen LogP contribution < -0.4 is 10.2 Å². The van der Waals surface area contributed by atoms with E-state index in [0.29, 0.717) is 6.54 Å². The molecular formula is C20H32N4O3. The van der Waals surface area contributed by atoms with E-state index in [4.69, 9.17) is 0 Å². The van der Waals surface area contributed by atoms with Crippen LogP contribution in [0.2, 0.25) is 0 Å². The average Bonchev–Trinajstić information content (AvgIpc) is 2.52. The summed E-state index contributed by atoms with van der Waals surface area (Å²) in [5.41, 5.74) is 1.02. The molecule has 150 valence electrons. The average molecular weight is 377 g/mol. The Morgan fingerprint density at radius 1 is 1.07 bits per heavy atom. The zero-order valence-corrected chi connectivity index (χ0v) is 17.1. The molecule has 0 radical (unpaired) electrons. The summed E-state index contributed by atoms with van der Waals surface area (Å²) in [6.07, 6.45) is 0.916. The number of nitro groups is 1. The number of hydrogen-bond acceptors (Lipinski definition) is 5. The highest BCUT2D eigenvalue weighted by Gasteiger charge is 2.28. The fraction of sp³-hybridized carbons (Fsp3) is 0.650. The van der Waals surface area contributed by atoms with Gasteiger partial charge in [0, 0.05) is 49.5 Å². The summed E-state index contributed by atoms with van der Waals surface area (Å²) in [5, 5.41) is 13.9. The number of amides is 1. The van der Waals surface area contributed by atoms with E-state index in [1.54, 1.807) is 12.1 Å². The predicted molar refractivity (Wildman–Crippen MR) is 108 cm³/mol. The van der Waals surface area contributed by atoms with Crippen LogP contribution in [0.5, 0.6) is 0 Å². The number of carbonyl (C=O) groups excluding carboxylic acids is 1. The van der Waals surface area contributed by atoms with Gasteiger partial charge in [-0.2, -0.15) is 0 Å². The molecule has 1 heterocycles. The molecule has 1 N–H and O–H groups in total. The summed E-state index contributed by atoms with van der Waals surface area (Å²) >= 11 is 0. The Kier molecular flexibility index (Phi) is 6.46. The predicted octanol–water partition coefficient (Wildman–Crippen LogP) is 3.05. The molecule has 1 saturated heterocycles. The number of benzene rings is 1. The Morgan fingerprint density at radius 2 is 1.63 bits per heavy atom. The standard InChI is InChI=1S/C20H32N4O3/c1-19(2,3)15-20(4,5)21-18(25)14-22-10-12-23(13-11-22)16-6-8-17(9-7-16)24(26)27/h6-9H,10-15H2,1-5H3,(H,21,25). The molecule has 0 atom stereocenters. The van der Waals surface area contributed by atoms with Crippen LogP contribution in [0, 0.1) is 15.5 Å². The number of nitrogens with one attached hydrogen (secondary N) is 1. The quantitative estimate of drug-likeness (QED) is 0.610. The van der Waals surface area contributed by atoms with E-state index in [1.807, 2.05) is 0 Å². The molecule has 1 aliphatic rings. The van der Waals surface area contributed by atoms with Gasteiger partial charge in [0.05, 0.1) is 11.5 Å². The molecular weight excluding hydrogens is 344 g/mol. The smallest absolute Gasteiger partial charge is 0.269 e. The van der Waals surface area contributed by atoms with Crippen LogP contribution >= 0.6 is 0 Å². The van der Waals surface area contributed by atoms with Gasteiger partial charge in [0.15, 0.2) is 0 Å². The number of non-ortho nitro benzene ring substituents is 1. The van der Waals surface area contributed by atoms with E-state index in [1.165, 1.54) is 12.1 Å². The summed E-state index contributed by atoms with van der Waals surface area (Å²) in [6.45, 7) is 14.3. The van der Waals surface area contributed by atoms with Crippen molar-refractivity contribution in [2.45, 2.75) is 46.6 Å². The molecule has 1 amide bonds.